The topological polar surface area (TPSA) is 60.0 Å². The second kappa shape index (κ2) is 9.41. The number of nitrogens with zero attached hydrogens (tertiary/aromatic N) is 3. The van der Waals surface area contributed by atoms with E-state index < -0.39 is 0 Å². The van der Waals surface area contributed by atoms with Crippen LogP contribution in [0, 0.1) is 5.92 Å². The van der Waals surface area contributed by atoms with Crippen molar-refractivity contribution in [3.05, 3.63) is 35.4 Å². The van der Waals surface area contributed by atoms with Crippen LogP contribution in [-0.2, 0) is 17.8 Å². The Morgan fingerprint density at radius 3 is 2.68 bits per heavy atom. The smallest absolute Gasteiger partial charge is 0.225 e. The van der Waals surface area contributed by atoms with Gasteiger partial charge in [-0.1, -0.05) is 38.1 Å². The average Bonchev–Trinajstić information content (AvgIpc) is 3.18. The molecule has 1 amide bonds. The van der Waals surface area contributed by atoms with Crippen molar-refractivity contribution in [3.8, 4) is 0 Å². The zero-order valence-corrected chi connectivity index (χ0v) is 17.7. The van der Waals surface area contributed by atoms with E-state index in [0.717, 1.165) is 51.5 Å². The molecule has 28 heavy (non-hydrogen) atoms. The summed E-state index contributed by atoms with van der Waals surface area (Å²) in [5.74, 6) is 1.13. The second-order valence-corrected chi connectivity index (χ2v) is 8.36. The summed E-state index contributed by atoms with van der Waals surface area (Å²) in [5.41, 5.74) is 2.93. The number of nitrogens with one attached hydrogen (secondary N) is 2. The van der Waals surface area contributed by atoms with E-state index >= 15 is 0 Å². The third-order valence-corrected chi connectivity index (χ3v) is 5.91. The molecule has 2 aliphatic rings. The Balaban J connectivity index is 1.45. The summed E-state index contributed by atoms with van der Waals surface area (Å²) in [6, 6.07) is 9.45. The van der Waals surface area contributed by atoms with Crippen LogP contribution >= 0.6 is 0 Å². The van der Waals surface area contributed by atoms with E-state index in [1.165, 1.54) is 11.1 Å². The number of aliphatic imine (C=N–C) groups is 1. The van der Waals surface area contributed by atoms with Crippen molar-refractivity contribution in [2.24, 2.45) is 10.9 Å². The van der Waals surface area contributed by atoms with Crippen LogP contribution in [0.15, 0.2) is 29.3 Å². The molecule has 3 rings (SSSR count). The number of guanidine groups is 1. The number of hydrogen-bond donors (Lipinski definition) is 2. The molecule has 0 aliphatic carbocycles. The molecule has 2 unspecified atom stereocenters. The van der Waals surface area contributed by atoms with E-state index in [1.54, 1.807) is 0 Å². The molecule has 6 heteroatoms. The molecule has 0 bridgehead atoms. The Hall–Kier alpha value is -2.08. The van der Waals surface area contributed by atoms with Crippen molar-refractivity contribution in [1.29, 1.82) is 0 Å². The molecule has 1 fully saturated rings. The highest BCUT2D eigenvalue weighted by atomic mass is 16.2. The number of hydrogen-bond acceptors (Lipinski definition) is 3. The molecule has 6 nitrogen and oxygen atoms in total. The van der Waals surface area contributed by atoms with Crippen molar-refractivity contribution < 1.29 is 4.79 Å². The first kappa shape index (κ1) is 20.6. The predicted octanol–water partition coefficient (Wildman–Crippen LogP) is 1.86. The maximum atomic E-state index is 12.2. The fourth-order valence-electron chi connectivity index (χ4n) is 4.10. The minimum absolute atomic E-state index is 0.0618. The Bertz CT molecular complexity index is 702. The van der Waals surface area contributed by atoms with E-state index in [2.05, 4.69) is 51.7 Å². The molecular formula is C22H35N5O. The van der Waals surface area contributed by atoms with Gasteiger partial charge in [0.15, 0.2) is 5.96 Å². The molecular weight excluding hydrogens is 350 g/mol. The van der Waals surface area contributed by atoms with Gasteiger partial charge in [0.2, 0.25) is 5.91 Å². The highest BCUT2D eigenvalue weighted by Crippen LogP contribution is 2.20. The van der Waals surface area contributed by atoms with Gasteiger partial charge in [-0.15, -0.1) is 0 Å². The molecule has 1 saturated heterocycles. The molecule has 154 valence electrons. The molecule has 0 radical (unpaired) electrons. The van der Waals surface area contributed by atoms with E-state index in [4.69, 9.17) is 0 Å². The van der Waals surface area contributed by atoms with Crippen LogP contribution in [0.3, 0.4) is 0 Å². The molecule has 2 heterocycles. The minimum Gasteiger partial charge on any atom is -0.355 e. The lowest BCUT2D eigenvalue weighted by Gasteiger charge is -2.34. The van der Waals surface area contributed by atoms with E-state index in [-0.39, 0.29) is 17.9 Å². The van der Waals surface area contributed by atoms with Crippen molar-refractivity contribution in [3.63, 3.8) is 0 Å². The van der Waals surface area contributed by atoms with E-state index in [9.17, 15) is 4.79 Å². The fraction of sp³-hybridized carbons (Fsp3) is 0.636. The van der Waals surface area contributed by atoms with Crippen molar-refractivity contribution in [2.75, 3.05) is 33.2 Å². The molecule has 2 N–H and O–H groups in total. The number of carbonyl (C=O) groups is 1. The zero-order valence-electron chi connectivity index (χ0n) is 17.7. The number of benzene rings is 1. The van der Waals surface area contributed by atoms with Crippen LogP contribution in [-0.4, -0.2) is 67.0 Å². The van der Waals surface area contributed by atoms with Gasteiger partial charge in [-0.05, 0) is 30.9 Å². The number of rotatable bonds is 5. The number of carbonyl (C=O) groups excluding carboxylic acids is 1. The Morgan fingerprint density at radius 1 is 1.21 bits per heavy atom. The maximum Gasteiger partial charge on any atom is 0.225 e. The van der Waals surface area contributed by atoms with Gasteiger partial charge in [0.1, 0.15) is 0 Å². The van der Waals surface area contributed by atoms with Crippen LogP contribution in [0.5, 0.6) is 0 Å². The number of likely N-dealkylation sites (tertiary alicyclic amines) is 1. The quantitative estimate of drug-likeness (QED) is 0.600. The molecule has 0 saturated carbocycles. The molecule has 1 aromatic rings. The van der Waals surface area contributed by atoms with Gasteiger partial charge >= 0.3 is 0 Å². The molecule has 1 aromatic carbocycles. The Morgan fingerprint density at radius 2 is 1.96 bits per heavy atom. The predicted molar refractivity (Wildman–Crippen MR) is 114 cm³/mol. The molecule has 2 atom stereocenters. The normalized spacial score (nSPS) is 21.5. The first-order valence-electron chi connectivity index (χ1n) is 10.5. The summed E-state index contributed by atoms with van der Waals surface area (Å²) in [7, 11) is 1.81. The lowest BCUT2D eigenvalue weighted by Crippen LogP contribution is -2.50. The summed E-state index contributed by atoms with van der Waals surface area (Å²) in [6.45, 7) is 10.7. The van der Waals surface area contributed by atoms with Crippen LogP contribution in [0.2, 0.25) is 0 Å². The minimum atomic E-state index is 0.0618. The lowest BCUT2D eigenvalue weighted by molar-refractivity contribution is -0.133. The molecule has 0 spiro atoms. The van der Waals surface area contributed by atoms with Gasteiger partial charge in [-0.3, -0.25) is 14.7 Å². The number of fused-ring (bicyclic) bond motifs is 1. The van der Waals surface area contributed by atoms with Gasteiger partial charge in [-0.25, -0.2) is 0 Å². The third-order valence-electron chi connectivity index (χ3n) is 5.91. The van der Waals surface area contributed by atoms with Crippen LogP contribution < -0.4 is 10.6 Å². The summed E-state index contributed by atoms with van der Waals surface area (Å²) in [6.07, 6.45) is 2.09. The summed E-state index contributed by atoms with van der Waals surface area (Å²) < 4.78 is 0. The molecule has 0 aromatic heterocycles. The summed E-state index contributed by atoms with van der Waals surface area (Å²) in [4.78, 5) is 21.0. The highest BCUT2D eigenvalue weighted by molar-refractivity contribution is 5.81. The van der Waals surface area contributed by atoms with Gasteiger partial charge in [-0.2, -0.15) is 0 Å². The van der Waals surface area contributed by atoms with Gasteiger partial charge in [0, 0.05) is 57.8 Å². The van der Waals surface area contributed by atoms with Crippen molar-refractivity contribution >= 4 is 11.9 Å². The standard InChI is InChI=1S/C22H35N5O/c1-16(2)21(28)27-12-10-20(15-27)25-22(23-4)24-13-17(3)26-11-9-18-7-5-6-8-19(18)14-26/h5-8,16-17,20H,9-15H2,1-4H3,(H2,23,24,25). The van der Waals surface area contributed by atoms with Crippen LogP contribution in [0.4, 0.5) is 0 Å². The average molecular weight is 386 g/mol. The third kappa shape index (κ3) is 5.04. The van der Waals surface area contributed by atoms with Crippen molar-refractivity contribution in [1.82, 2.24) is 20.4 Å². The summed E-state index contributed by atoms with van der Waals surface area (Å²) >= 11 is 0. The Kier molecular flexibility index (Phi) is 6.94. The fourth-order valence-corrected chi connectivity index (χ4v) is 4.10. The van der Waals surface area contributed by atoms with Crippen LogP contribution in [0.25, 0.3) is 0 Å². The van der Waals surface area contributed by atoms with Crippen LogP contribution in [0.1, 0.15) is 38.3 Å². The lowest BCUT2D eigenvalue weighted by atomic mass is 9.99. The second-order valence-electron chi connectivity index (χ2n) is 8.36. The van der Waals surface area contributed by atoms with Gasteiger partial charge in [0.05, 0.1) is 0 Å². The van der Waals surface area contributed by atoms with E-state index in [1.807, 2.05) is 25.8 Å². The monoisotopic (exact) mass is 385 g/mol. The van der Waals surface area contributed by atoms with Gasteiger partial charge < -0.3 is 15.5 Å². The zero-order chi connectivity index (χ0) is 20.1. The number of amides is 1. The highest BCUT2D eigenvalue weighted by Gasteiger charge is 2.28. The summed E-state index contributed by atoms with van der Waals surface area (Å²) in [5, 5.41) is 6.97. The van der Waals surface area contributed by atoms with Crippen molar-refractivity contribution in [2.45, 2.75) is 52.2 Å². The van der Waals surface area contributed by atoms with E-state index in [0.29, 0.717) is 6.04 Å². The first-order valence-corrected chi connectivity index (χ1v) is 10.5. The largest absolute Gasteiger partial charge is 0.355 e. The van der Waals surface area contributed by atoms with Gasteiger partial charge in [0.25, 0.3) is 0 Å². The SMILES string of the molecule is CN=C(NCC(C)N1CCc2ccccc2C1)NC1CCN(C(=O)C(C)C)C1. The maximum absolute atomic E-state index is 12.2. The molecule has 2 aliphatic heterocycles. The first-order chi connectivity index (χ1) is 13.5. The Labute approximate surface area is 169 Å².